The van der Waals surface area contributed by atoms with E-state index < -0.39 is 5.60 Å². The molecule has 1 saturated carbocycles. The molecular weight excluding hydrogens is 228 g/mol. The lowest BCUT2D eigenvalue weighted by Crippen LogP contribution is -2.33. The standard InChI is InChI=1S/C14H22N2O2/c1-2-18-13-8-11(15)7-12(9-13)16-10-14(17)5-3-4-6-14/h7-9,16-17H,2-6,10,15H2,1H3. The summed E-state index contributed by atoms with van der Waals surface area (Å²) in [6.45, 7) is 3.13. The van der Waals surface area contributed by atoms with Gasteiger partial charge in [0, 0.05) is 30.1 Å². The van der Waals surface area contributed by atoms with Crippen molar-refractivity contribution in [3.8, 4) is 5.75 Å². The van der Waals surface area contributed by atoms with Gasteiger partial charge in [0.25, 0.3) is 0 Å². The van der Waals surface area contributed by atoms with E-state index in [0.717, 1.165) is 37.1 Å². The number of ether oxygens (including phenoxy) is 1. The van der Waals surface area contributed by atoms with Crippen LogP contribution >= 0.6 is 0 Å². The van der Waals surface area contributed by atoms with Crippen LogP contribution in [0.15, 0.2) is 18.2 Å². The summed E-state index contributed by atoms with van der Waals surface area (Å²) in [4.78, 5) is 0. The molecule has 0 radical (unpaired) electrons. The number of nitrogens with one attached hydrogen (secondary N) is 1. The summed E-state index contributed by atoms with van der Waals surface area (Å²) in [5.74, 6) is 0.762. The van der Waals surface area contributed by atoms with Crippen LogP contribution in [-0.2, 0) is 0 Å². The van der Waals surface area contributed by atoms with Gasteiger partial charge < -0.3 is 20.9 Å². The third-order valence-electron chi connectivity index (χ3n) is 3.40. The zero-order chi connectivity index (χ0) is 13.0. The van der Waals surface area contributed by atoms with Gasteiger partial charge in [-0.2, -0.15) is 0 Å². The quantitative estimate of drug-likeness (QED) is 0.702. The van der Waals surface area contributed by atoms with Crippen molar-refractivity contribution in [3.63, 3.8) is 0 Å². The van der Waals surface area contributed by atoms with Gasteiger partial charge in [-0.25, -0.2) is 0 Å². The molecule has 1 aliphatic carbocycles. The first-order valence-corrected chi connectivity index (χ1v) is 6.61. The van der Waals surface area contributed by atoms with Gasteiger partial charge in [0.15, 0.2) is 0 Å². The Bertz CT molecular complexity index is 401. The van der Waals surface area contributed by atoms with Crippen LogP contribution in [0.25, 0.3) is 0 Å². The number of aliphatic hydroxyl groups is 1. The molecule has 0 aliphatic heterocycles. The van der Waals surface area contributed by atoms with E-state index in [1.807, 2.05) is 19.1 Å². The van der Waals surface area contributed by atoms with Crippen molar-refractivity contribution in [1.82, 2.24) is 0 Å². The number of anilines is 2. The average Bonchev–Trinajstić information content (AvgIpc) is 2.74. The van der Waals surface area contributed by atoms with E-state index in [4.69, 9.17) is 10.5 Å². The molecule has 0 saturated heterocycles. The lowest BCUT2D eigenvalue weighted by atomic mass is 10.0. The van der Waals surface area contributed by atoms with Crippen LogP contribution in [0.2, 0.25) is 0 Å². The van der Waals surface area contributed by atoms with Gasteiger partial charge in [-0.1, -0.05) is 12.8 Å². The average molecular weight is 250 g/mol. The maximum absolute atomic E-state index is 10.3. The minimum atomic E-state index is -0.559. The van der Waals surface area contributed by atoms with Crippen LogP contribution in [0, 0.1) is 0 Å². The Balaban J connectivity index is 2.00. The molecule has 4 N–H and O–H groups in total. The van der Waals surface area contributed by atoms with Crippen LogP contribution < -0.4 is 15.8 Å². The first-order chi connectivity index (χ1) is 8.61. The molecule has 0 amide bonds. The lowest BCUT2D eigenvalue weighted by Gasteiger charge is -2.23. The number of hydrogen-bond acceptors (Lipinski definition) is 4. The molecule has 18 heavy (non-hydrogen) atoms. The first-order valence-electron chi connectivity index (χ1n) is 6.61. The van der Waals surface area contributed by atoms with Crippen LogP contribution in [0.4, 0.5) is 11.4 Å². The van der Waals surface area contributed by atoms with Crippen molar-refractivity contribution in [1.29, 1.82) is 0 Å². The summed E-state index contributed by atoms with van der Waals surface area (Å²) in [5, 5.41) is 13.5. The molecule has 4 nitrogen and oxygen atoms in total. The molecule has 0 aromatic heterocycles. The van der Waals surface area contributed by atoms with E-state index in [1.54, 1.807) is 6.07 Å². The topological polar surface area (TPSA) is 67.5 Å². The highest BCUT2D eigenvalue weighted by molar-refractivity contribution is 5.59. The van der Waals surface area contributed by atoms with E-state index >= 15 is 0 Å². The fourth-order valence-corrected chi connectivity index (χ4v) is 2.45. The Morgan fingerprint density at radius 1 is 1.33 bits per heavy atom. The monoisotopic (exact) mass is 250 g/mol. The minimum absolute atomic E-state index is 0.559. The number of benzene rings is 1. The number of hydrogen-bond donors (Lipinski definition) is 3. The third kappa shape index (κ3) is 3.29. The second-order valence-corrected chi connectivity index (χ2v) is 5.01. The van der Waals surface area contributed by atoms with Crippen molar-refractivity contribution in [2.45, 2.75) is 38.2 Å². The summed E-state index contributed by atoms with van der Waals surface area (Å²) in [5.41, 5.74) is 6.83. The first kappa shape index (κ1) is 13.0. The smallest absolute Gasteiger partial charge is 0.123 e. The van der Waals surface area contributed by atoms with Crippen molar-refractivity contribution in [3.05, 3.63) is 18.2 Å². The highest BCUT2D eigenvalue weighted by atomic mass is 16.5. The van der Waals surface area contributed by atoms with Gasteiger partial charge in [-0.15, -0.1) is 0 Å². The largest absolute Gasteiger partial charge is 0.494 e. The molecule has 0 heterocycles. The molecule has 1 aromatic carbocycles. The zero-order valence-electron chi connectivity index (χ0n) is 10.9. The van der Waals surface area contributed by atoms with Crippen molar-refractivity contribution >= 4 is 11.4 Å². The maximum atomic E-state index is 10.3. The van der Waals surface area contributed by atoms with Gasteiger partial charge in [-0.05, 0) is 25.8 Å². The zero-order valence-corrected chi connectivity index (χ0v) is 10.9. The van der Waals surface area contributed by atoms with Crippen molar-refractivity contribution in [2.24, 2.45) is 0 Å². The molecule has 0 atom stereocenters. The van der Waals surface area contributed by atoms with E-state index in [-0.39, 0.29) is 0 Å². The van der Waals surface area contributed by atoms with Crippen molar-refractivity contribution < 1.29 is 9.84 Å². The molecular formula is C14H22N2O2. The predicted molar refractivity (Wildman–Crippen MR) is 73.9 cm³/mol. The minimum Gasteiger partial charge on any atom is -0.494 e. The van der Waals surface area contributed by atoms with Gasteiger partial charge in [0.05, 0.1) is 12.2 Å². The third-order valence-corrected chi connectivity index (χ3v) is 3.40. The number of nitrogens with two attached hydrogens (primary N) is 1. The van der Waals surface area contributed by atoms with Crippen LogP contribution in [-0.4, -0.2) is 23.9 Å². The SMILES string of the molecule is CCOc1cc(N)cc(NCC2(O)CCCC2)c1. The van der Waals surface area contributed by atoms with Crippen LogP contribution in [0.3, 0.4) is 0 Å². The fraction of sp³-hybridized carbons (Fsp3) is 0.571. The molecule has 1 aliphatic rings. The van der Waals surface area contributed by atoms with E-state index in [9.17, 15) is 5.11 Å². The van der Waals surface area contributed by atoms with Crippen molar-refractivity contribution in [2.75, 3.05) is 24.2 Å². The Kier molecular flexibility index (Phi) is 3.97. The van der Waals surface area contributed by atoms with Gasteiger partial charge in [0.2, 0.25) is 0 Å². The Labute approximate surface area is 108 Å². The summed E-state index contributed by atoms with van der Waals surface area (Å²) < 4.78 is 5.44. The van der Waals surface area contributed by atoms with Crippen LogP contribution in [0.5, 0.6) is 5.75 Å². The molecule has 0 unspecified atom stereocenters. The van der Waals surface area contributed by atoms with E-state index in [2.05, 4.69) is 5.32 Å². The highest BCUT2D eigenvalue weighted by Gasteiger charge is 2.30. The highest BCUT2D eigenvalue weighted by Crippen LogP contribution is 2.30. The Hall–Kier alpha value is -1.42. The van der Waals surface area contributed by atoms with Gasteiger partial charge in [-0.3, -0.25) is 0 Å². The van der Waals surface area contributed by atoms with Gasteiger partial charge in [0.1, 0.15) is 5.75 Å². The second-order valence-electron chi connectivity index (χ2n) is 5.01. The normalized spacial score (nSPS) is 17.7. The molecule has 0 spiro atoms. The maximum Gasteiger partial charge on any atom is 0.123 e. The van der Waals surface area contributed by atoms with Crippen LogP contribution in [0.1, 0.15) is 32.6 Å². The lowest BCUT2D eigenvalue weighted by molar-refractivity contribution is 0.0614. The molecule has 1 fully saturated rings. The summed E-state index contributed by atoms with van der Waals surface area (Å²) >= 11 is 0. The number of rotatable bonds is 5. The predicted octanol–water partition coefficient (Wildman–Crippen LogP) is 2.38. The molecule has 2 rings (SSSR count). The molecule has 4 heteroatoms. The Morgan fingerprint density at radius 3 is 2.72 bits per heavy atom. The fourth-order valence-electron chi connectivity index (χ4n) is 2.45. The van der Waals surface area contributed by atoms with E-state index in [0.29, 0.717) is 18.8 Å². The summed E-state index contributed by atoms with van der Waals surface area (Å²) in [7, 11) is 0. The molecule has 0 bridgehead atoms. The molecule has 100 valence electrons. The van der Waals surface area contributed by atoms with Gasteiger partial charge >= 0.3 is 0 Å². The summed E-state index contributed by atoms with van der Waals surface area (Å²) in [6.07, 6.45) is 3.97. The Morgan fingerprint density at radius 2 is 2.06 bits per heavy atom. The number of nitrogen functional groups attached to an aromatic ring is 1. The molecule has 1 aromatic rings. The van der Waals surface area contributed by atoms with E-state index in [1.165, 1.54) is 0 Å². The second kappa shape index (κ2) is 5.48. The summed E-state index contributed by atoms with van der Waals surface area (Å²) in [6, 6.07) is 5.58.